The SMILES string of the molecule is IN1CCC(N2CCC3(CC2)COC3)C1. The second kappa shape index (κ2) is 4.13. The molecule has 0 amide bonds. The molecule has 3 fully saturated rings. The summed E-state index contributed by atoms with van der Waals surface area (Å²) in [5.41, 5.74) is 0.596. The number of likely N-dealkylation sites (tertiary alicyclic amines) is 1. The molecule has 1 unspecified atom stereocenters. The van der Waals surface area contributed by atoms with Crippen molar-refractivity contribution in [2.45, 2.75) is 25.3 Å². The van der Waals surface area contributed by atoms with Crippen LogP contribution in [0, 0.1) is 5.41 Å². The molecule has 3 rings (SSSR count). The van der Waals surface area contributed by atoms with Gasteiger partial charge in [0.2, 0.25) is 0 Å². The summed E-state index contributed by atoms with van der Waals surface area (Å²) in [6, 6.07) is 0.834. The fraction of sp³-hybridized carbons (Fsp3) is 1.00. The Kier molecular flexibility index (Phi) is 2.96. The third-order valence-electron chi connectivity index (χ3n) is 4.31. The van der Waals surface area contributed by atoms with Gasteiger partial charge in [-0.1, -0.05) is 0 Å². The fourth-order valence-corrected chi connectivity index (χ4v) is 3.77. The Morgan fingerprint density at radius 2 is 1.87 bits per heavy atom. The lowest BCUT2D eigenvalue weighted by molar-refractivity contribution is -0.142. The molecular formula is C11H19IN2O. The standard InChI is InChI=1S/C11H19IN2O/c12-14-4-1-10(7-14)13-5-2-11(3-6-13)8-15-9-11/h10H,1-9H2. The van der Waals surface area contributed by atoms with E-state index in [9.17, 15) is 0 Å². The predicted molar refractivity (Wildman–Crippen MR) is 68.1 cm³/mol. The van der Waals surface area contributed by atoms with Crippen molar-refractivity contribution >= 4 is 22.9 Å². The molecule has 3 aliphatic rings. The van der Waals surface area contributed by atoms with Gasteiger partial charge in [0.1, 0.15) is 0 Å². The minimum Gasteiger partial charge on any atom is -0.380 e. The zero-order valence-electron chi connectivity index (χ0n) is 9.12. The molecule has 15 heavy (non-hydrogen) atoms. The molecule has 0 aromatic rings. The van der Waals surface area contributed by atoms with Gasteiger partial charge in [-0.3, -0.25) is 4.90 Å². The van der Waals surface area contributed by atoms with Crippen molar-refractivity contribution in [2.24, 2.45) is 5.41 Å². The molecule has 0 N–H and O–H groups in total. The molecular weight excluding hydrogens is 303 g/mol. The molecule has 3 nitrogen and oxygen atoms in total. The average Bonchev–Trinajstić information content (AvgIpc) is 2.63. The zero-order chi connectivity index (χ0) is 10.3. The Balaban J connectivity index is 1.53. The Morgan fingerprint density at radius 1 is 1.13 bits per heavy atom. The van der Waals surface area contributed by atoms with E-state index < -0.39 is 0 Å². The molecule has 3 aliphatic heterocycles. The summed E-state index contributed by atoms with van der Waals surface area (Å²) in [7, 11) is 0. The highest BCUT2D eigenvalue weighted by Gasteiger charge is 2.42. The molecule has 1 atom stereocenters. The van der Waals surface area contributed by atoms with Gasteiger partial charge in [-0.25, -0.2) is 3.11 Å². The first-order chi connectivity index (χ1) is 7.27. The number of halogens is 1. The van der Waals surface area contributed by atoms with Crippen molar-refractivity contribution < 1.29 is 4.74 Å². The van der Waals surface area contributed by atoms with Crippen molar-refractivity contribution in [1.29, 1.82) is 0 Å². The highest BCUT2D eigenvalue weighted by atomic mass is 127. The molecule has 1 spiro atoms. The van der Waals surface area contributed by atoms with Gasteiger partial charge >= 0.3 is 0 Å². The maximum atomic E-state index is 5.37. The fourth-order valence-electron chi connectivity index (χ4n) is 3.04. The first kappa shape index (κ1) is 10.7. The van der Waals surface area contributed by atoms with Gasteiger partial charge in [-0.2, -0.15) is 0 Å². The highest BCUT2D eigenvalue weighted by molar-refractivity contribution is 14.1. The summed E-state index contributed by atoms with van der Waals surface area (Å²) in [6.07, 6.45) is 4.10. The van der Waals surface area contributed by atoms with E-state index in [1.165, 1.54) is 45.4 Å². The predicted octanol–water partition coefficient (Wildman–Crippen LogP) is 1.52. The van der Waals surface area contributed by atoms with Gasteiger partial charge in [0.15, 0.2) is 0 Å². The van der Waals surface area contributed by atoms with E-state index in [0.717, 1.165) is 19.3 Å². The lowest BCUT2D eigenvalue weighted by atomic mass is 9.76. The van der Waals surface area contributed by atoms with Gasteiger partial charge in [0.25, 0.3) is 0 Å². The Labute approximate surface area is 106 Å². The van der Waals surface area contributed by atoms with E-state index in [2.05, 4.69) is 30.9 Å². The van der Waals surface area contributed by atoms with Crippen LogP contribution < -0.4 is 0 Å². The number of nitrogens with zero attached hydrogens (tertiary/aromatic N) is 2. The van der Waals surface area contributed by atoms with Gasteiger partial charge in [-0.15, -0.1) is 0 Å². The molecule has 0 aromatic carbocycles. The second-order valence-electron chi connectivity index (χ2n) is 5.34. The smallest absolute Gasteiger partial charge is 0.0545 e. The zero-order valence-corrected chi connectivity index (χ0v) is 11.3. The number of piperidine rings is 1. The summed E-state index contributed by atoms with van der Waals surface area (Å²) in [4.78, 5) is 2.71. The van der Waals surface area contributed by atoms with Crippen LogP contribution in [0.5, 0.6) is 0 Å². The van der Waals surface area contributed by atoms with Crippen LogP contribution in [-0.4, -0.2) is 53.4 Å². The Hall–Kier alpha value is 0.610. The van der Waals surface area contributed by atoms with Gasteiger partial charge in [0.05, 0.1) is 13.2 Å². The Bertz CT molecular complexity index is 235. The molecule has 86 valence electrons. The monoisotopic (exact) mass is 322 g/mol. The van der Waals surface area contributed by atoms with Crippen molar-refractivity contribution in [3.05, 3.63) is 0 Å². The first-order valence-corrected chi connectivity index (χ1v) is 6.97. The van der Waals surface area contributed by atoms with E-state index in [4.69, 9.17) is 4.74 Å². The molecule has 4 heteroatoms. The van der Waals surface area contributed by atoms with Gasteiger partial charge in [0, 0.05) is 47.4 Å². The van der Waals surface area contributed by atoms with Crippen LogP contribution in [-0.2, 0) is 4.74 Å². The van der Waals surface area contributed by atoms with Gasteiger partial charge < -0.3 is 4.74 Å². The number of hydrogen-bond acceptors (Lipinski definition) is 3. The van der Waals surface area contributed by atoms with Crippen molar-refractivity contribution in [1.82, 2.24) is 8.01 Å². The normalized spacial score (nSPS) is 37.0. The minimum absolute atomic E-state index is 0.596. The minimum atomic E-state index is 0.596. The topological polar surface area (TPSA) is 15.7 Å². The maximum Gasteiger partial charge on any atom is 0.0545 e. The van der Waals surface area contributed by atoms with Crippen molar-refractivity contribution in [3.63, 3.8) is 0 Å². The lowest BCUT2D eigenvalue weighted by Gasteiger charge is -2.48. The van der Waals surface area contributed by atoms with Crippen LogP contribution in [0.3, 0.4) is 0 Å². The molecule has 0 aromatic heterocycles. The summed E-state index contributed by atoms with van der Waals surface area (Å²) in [5.74, 6) is 0. The molecule has 0 saturated carbocycles. The van der Waals surface area contributed by atoms with Crippen LogP contribution in [0.4, 0.5) is 0 Å². The highest BCUT2D eigenvalue weighted by Crippen LogP contribution is 2.39. The lowest BCUT2D eigenvalue weighted by Crippen LogP contribution is -2.53. The largest absolute Gasteiger partial charge is 0.380 e. The van der Waals surface area contributed by atoms with E-state index in [1.54, 1.807) is 0 Å². The molecule has 3 heterocycles. The summed E-state index contributed by atoms with van der Waals surface area (Å²) >= 11 is 2.46. The number of hydrogen-bond donors (Lipinski definition) is 0. The van der Waals surface area contributed by atoms with E-state index in [1.807, 2.05) is 0 Å². The van der Waals surface area contributed by atoms with Gasteiger partial charge in [-0.05, 0) is 32.4 Å². The molecule has 3 saturated heterocycles. The first-order valence-electron chi connectivity index (χ1n) is 6.00. The van der Waals surface area contributed by atoms with Crippen molar-refractivity contribution in [3.8, 4) is 0 Å². The molecule has 0 radical (unpaired) electrons. The summed E-state index contributed by atoms with van der Waals surface area (Å²) in [6.45, 7) is 7.21. The quantitative estimate of drug-likeness (QED) is 0.538. The maximum absolute atomic E-state index is 5.37. The molecule has 0 bridgehead atoms. The van der Waals surface area contributed by atoms with Crippen molar-refractivity contribution in [2.75, 3.05) is 39.4 Å². The van der Waals surface area contributed by atoms with Crippen LogP contribution in [0.25, 0.3) is 0 Å². The summed E-state index contributed by atoms with van der Waals surface area (Å²) < 4.78 is 7.80. The average molecular weight is 322 g/mol. The van der Waals surface area contributed by atoms with Crippen LogP contribution in [0.15, 0.2) is 0 Å². The Morgan fingerprint density at radius 3 is 2.33 bits per heavy atom. The number of rotatable bonds is 1. The second-order valence-corrected chi connectivity index (χ2v) is 6.70. The van der Waals surface area contributed by atoms with E-state index >= 15 is 0 Å². The van der Waals surface area contributed by atoms with Crippen LogP contribution >= 0.6 is 22.9 Å². The molecule has 0 aliphatic carbocycles. The van der Waals surface area contributed by atoms with E-state index in [-0.39, 0.29) is 0 Å². The third-order valence-corrected chi connectivity index (χ3v) is 5.18. The summed E-state index contributed by atoms with van der Waals surface area (Å²) in [5, 5.41) is 0. The van der Waals surface area contributed by atoms with E-state index in [0.29, 0.717) is 5.41 Å². The number of ether oxygens (including phenoxy) is 1. The van der Waals surface area contributed by atoms with Crippen LogP contribution in [0.1, 0.15) is 19.3 Å². The third kappa shape index (κ3) is 2.06. The van der Waals surface area contributed by atoms with Crippen LogP contribution in [0.2, 0.25) is 0 Å².